The molecule has 0 fully saturated rings. The van der Waals surface area contributed by atoms with Crippen molar-refractivity contribution in [3.63, 3.8) is 0 Å². The zero-order valence-electron chi connectivity index (χ0n) is 14.3. The first-order valence-corrected chi connectivity index (χ1v) is 8.37. The number of benzene rings is 1. The number of amides is 1. The van der Waals surface area contributed by atoms with Crippen LogP contribution in [0.2, 0.25) is 0 Å². The number of aryl methyl sites for hydroxylation is 1. The molecule has 0 saturated heterocycles. The summed E-state index contributed by atoms with van der Waals surface area (Å²) in [6.45, 7) is 4.62. The maximum atomic E-state index is 11.6. The van der Waals surface area contributed by atoms with Crippen molar-refractivity contribution >= 4 is 11.6 Å². The first-order valence-electron chi connectivity index (χ1n) is 8.37. The normalized spacial score (nSPS) is 12.0. The molecule has 1 aromatic heterocycles. The van der Waals surface area contributed by atoms with Gasteiger partial charge in [-0.15, -0.1) is 0 Å². The Bertz CT molecular complexity index is 637. The zero-order valence-corrected chi connectivity index (χ0v) is 14.3. The van der Waals surface area contributed by atoms with Gasteiger partial charge in [0.2, 0.25) is 5.91 Å². The highest BCUT2D eigenvalue weighted by Crippen LogP contribution is 2.19. The Morgan fingerprint density at radius 3 is 2.75 bits per heavy atom. The van der Waals surface area contributed by atoms with Crippen molar-refractivity contribution in [2.24, 2.45) is 0 Å². The minimum atomic E-state index is -0.168. The fourth-order valence-electron chi connectivity index (χ4n) is 2.52. The fraction of sp³-hybridized carbons (Fsp3) is 0.444. The number of aromatic nitrogens is 2. The molecule has 1 amide bonds. The molecule has 0 aliphatic heterocycles. The molecule has 0 aliphatic carbocycles. The van der Waals surface area contributed by atoms with Crippen molar-refractivity contribution in [2.75, 3.05) is 18.5 Å². The molecule has 0 spiro atoms. The third kappa shape index (κ3) is 5.38. The Balaban J connectivity index is 1.90. The summed E-state index contributed by atoms with van der Waals surface area (Å²) in [6, 6.07) is 8.80. The van der Waals surface area contributed by atoms with E-state index in [4.69, 9.17) is 5.11 Å². The zero-order chi connectivity index (χ0) is 17.4. The number of nitrogens with zero attached hydrogens (tertiary/aromatic N) is 2. The van der Waals surface area contributed by atoms with E-state index in [9.17, 15) is 4.79 Å². The van der Waals surface area contributed by atoms with E-state index in [0.717, 1.165) is 18.5 Å². The summed E-state index contributed by atoms with van der Waals surface area (Å²) in [4.78, 5) is 11.6. The SMILES string of the molecule is CCCc1ccc(C(C)Nc2cnn(CC(=O)NCCO)c2)cc1. The third-order valence-electron chi connectivity index (χ3n) is 3.77. The lowest BCUT2D eigenvalue weighted by atomic mass is 10.0. The summed E-state index contributed by atoms with van der Waals surface area (Å²) < 4.78 is 1.58. The molecule has 2 aromatic rings. The number of carbonyl (C=O) groups excluding carboxylic acids is 1. The number of aliphatic hydroxyl groups excluding tert-OH is 1. The van der Waals surface area contributed by atoms with Gasteiger partial charge in [-0.2, -0.15) is 5.10 Å². The van der Waals surface area contributed by atoms with E-state index in [2.05, 4.69) is 53.8 Å². The number of hydrogen-bond acceptors (Lipinski definition) is 4. The molecule has 24 heavy (non-hydrogen) atoms. The Morgan fingerprint density at radius 1 is 1.33 bits per heavy atom. The van der Waals surface area contributed by atoms with E-state index >= 15 is 0 Å². The van der Waals surface area contributed by atoms with Gasteiger partial charge in [0.05, 0.1) is 18.5 Å². The molecule has 0 bridgehead atoms. The number of nitrogens with one attached hydrogen (secondary N) is 2. The quantitative estimate of drug-likeness (QED) is 0.658. The molecule has 1 heterocycles. The predicted octanol–water partition coefficient (Wildman–Crippen LogP) is 2.12. The van der Waals surface area contributed by atoms with Crippen molar-refractivity contribution < 1.29 is 9.90 Å². The second-order valence-electron chi connectivity index (χ2n) is 5.86. The molecule has 2 rings (SSSR count). The number of rotatable bonds is 9. The first-order chi connectivity index (χ1) is 11.6. The van der Waals surface area contributed by atoms with Gasteiger partial charge in [-0.25, -0.2) is 0 Å². The molecule has 6 heteroatoms. The van der Waals surface area contributed by atoms with Crippen molar-refractivity contribution in [1.82, 2.24) is 15.1 Å². The summed E-state index contributed by atoms with van der Waals surface area (Å²) in [7, 11) is 0. The van der Waals surface area contributed by atoms with E-state index in [1.54, 1.807) is 17.1 Å². The first kappa shape index (κ1) is 18.0. The second-order valence-corrected chi connectivity index (χ2v) is 5.86. The summed E-state index contributed by atoms with van der Waals surface area (Å²) in [5.74, 6) is -0.168. The van der Waals surface area contributed by atoms with E-state index in [1.807, 2.05) is 0 Å². The Morgan fingerprint density at radius 2 is 2.08 bits per heavy atom. The van der Waals surface area contributed by atoms with Crippen LogP contribution < -0.4 is 10.6 Å². The number of hydrogen-bond donors (Lipinski definition) is 3. The van der Waals surface area contributed by atoms with Crippen LogP contribution in [0.3, 0.4) is 0 Å². The maximum Gasteiger partial charge on any atom is 0.241 e. The van der Waals surface area contributed by atoms with Gasteiger partial charge in [0.1, 0.15) is 6.54 Å². The summed E-state index contributed by atoms with van der Waals surface area (Å²) >= 11 is 0. The monoisotopic (exact) mass is 330 g/mol. The Hall–Kier alpha value is -2.34. The van der Waals surface area contributed by atoms with Crippen molar-refractivity contribution in [2.45, 2.75) is 39.3 Å². The van der Waals surface area contributed by atoms with Gasteiger partial charge >= 0.3 is 0 Å². The lowest BCUT2D eigenvalue weighted by molar-refractivity contribution is -0.122. The molecular weight excluding hydrogens is 304 g/mol. The molecule has 1 aromatic carbocycles. The Kier molecular flexibility index (Phi) is 6.81. The summed E-state index contributed by atoms with van der Waals surface area (Å²) in [5.41, 5.74) is 3.44. The largest absolute Gasteiger partial charge is 0.395 e. The molecule has 130 valence electrons. The van der Waals surface area contributed by atoms with Crippen molar-refractivity contribution in [1.29, 1.82) is 0 Å². The van der Waals surface area contributed by atoms with E-state index < -0.39 is 0 Å². The second kappa shape index (κ2) is 9.08. The minimum Gasteiger partial charge on any atom is -0.395 e. The lowest BCUT2D eigenvalue weighted by Crippen LogP contribution is -2.30. The van der Waals surface area contributed by atoms with Crippen LogP contribution >= 0.6 is 0 Å². The summed E-state index contributed by atoms with van der Waals surface area (Å²) in [5, 5.41) is 18.9. The van der Waals surface area contributed by atoms with Crippen LogP contribution in [0.15, 0.2) is 36.7 Å². The van der Waals surface area contributed by atoms with Gasteiger partial charge in [-0.1, -0.05) is 37.6 Å². The molecular formula is C18H26N4O2. The van der Waals surface area contributed by atoms with Crippen molar-refractivity contribution in [3.8, 4) is 0 Å². The smallest absolute Gasteiger partial charge is 0.241 e. The minimum absolute atomic E-state index is 0.0633. The topological polar surface area (TPSA) is 79.2 Å². The van der Waals surface area contributed by atoms with Gasteiger partial charge in [0, 0.05) is 18.8 Å². The third-order valence-corrected chi connectivity index (χ3v) is 3.77. The van der Waals surface area contributed by atoms with Crippen molar-refractivity contribution in [3.05, 3.63) is 47.8 Å². The number of aliphatic hydroxyl groups is 1. The number of carbonyl (C=O) groups is 1. The highest BCUT2D eigenvalue weighted by molar-refractivity contribution is 5.75. The lowest BCUT2D eigenvalue weighted by Gasteiger charge is -2.14. The fourth-order valence-corrected chi connectivity index (χ4v) is 2.52. The molecule has 1 atom stereocenters. The van der Waals surface area contributed by atoms with Gasteiger partial charge in [-0.3, -0.25) is 9.48 Å². The predicted molar refractivity (Wildman–Crippen MR) is 94.8 cm³/mol. The molecule has 0 aliphatic rings. The van der Waals surface area contributed by atoms with Crippen LogP contribution in [0.25, 0.3) is 0 Å². The average molecular weight is 330 g/mol. The molecule has 6 nitrogen and oxygen atoms in total. The van der Waals surface area contributed by atoms with Crippen LogP contribution in [-0.4, -0.2) is 33.9 Å². The van der Waals surface area contributed by atoms with Gasteiger partial charge < -0.3 is 15.7 Å². The van der Waals surface area contributed by atoms with Gasteiger partial charge in [-0.05, 0) is 24.5 Å². The van der Waals surface area contributed by atoms with E-state index in [-0.39, 0.29) is 31.6 Å². The standard InChI is InChI=1S/C18H26N4O2/c1-3-4-15-5-7-16(8-6-15)14(2)21-17-11-20-22(12-17)13-18(24)19-9-10-23/h5-8,11-12,14,21,23H,3-4,9-10,13H2,1-2H3,(H,19,24). The van der Waals surface area contributed by atoms with E-state index in [0.29, 0.717) is 0 Å². The van der Waals surface area contributed by atoms with Gasteiger partial charge in [0.15, 0.2) is 0 Å². The number of anilines is 1. The summed E-state index contributed by atoms with van der Waals surface area (Å²) in [6.07, 6.45) is 5.77. The molecule has 0 radical (unpaired) electrons. The van der Waals surface area contributed by atoms with Crippen LogP contribution in [0.4, 0.5) is 5.69 Å². The maximum absolute atomic E-state index is 11.6. The Labute approximate surface area is 142 Å². The molecule has 0 saturated carbocycles. The van der Waals surface area contributed by atoms with Crippen LogP contribution in [0.5, 0.6) is 0 Å². The van der Waals surface area contributed by atoms with E-state index in [1.165, 1.54) is 11.1 Å². The molecule has 3 N–H and O–H groups in total. The highest BCUT2D eigenvalue weighted by Gasteiger charge is 2.08. The average Bonchev–Trinajstić information content (AvgIpc) is 3.00. The van der Waals surface area contributed by atoms with Crippen LogP contribution in [-0.2, 0) is 17.8 Å². The molecule has 1 unspecified atom stereocenters. The van der Waals surface area contributed by atoms with Gasteiger partial charge in [0.25, 0.3) is 0 Å². The van der Waals surface area contributed by atoms with Crippen LogP contribution in [0.1, 0.15) is 37.4 Å². The van der Waals surface area contributed by atoms with Crippen LogP contribution in [0, 0.1) is 0 Å². The highest BCUT2D eigenvalue weighted by atomic mass is 16.3.